The highest BCUT2D eigenvalue weighted by Crippen LogP contribution is 2.25. The number of hydrogen-bond acceptors (Lipinski definition) is 3. The number of furan rings is 1. The monoisotopic (exact) mass is 318 g/mol. The topological polar surface area (TPSA) is 62.6 Å². The largest absolute Gasteiger partial charge is 0.466 e. The van der Waals surface area contributed by atoms with Crippen LogP contribution in [0.3, 0.4) is 0 Å². The van der Waals surface area contributed by atoms with Gasteiger partial charge in [0.05, 0.1) is 5.56 Å². The molecule has 1 aliphatic heterocycles. The fraction of sp³-hybridized carbons (Fsp3) is 0.667. The SMILES string of the molecule is Cc1cc(C(=O)N2CCCC(CCC(=O)NC3CC3)C2)c(C)o1. The summed E-state index contributed by atoms with van der Waals surface area (Å²) < 4.78 is 5.47. The van der Waals surface area contributed by atoms with Crippen molar-refractivity contribution in [2.45, 2.75) is 58.4 Å². The van der Waals surface area contributed by atoms with Gasteiger partial charge in [0.1, 0.15) is 11.5 Å². The molecular formula is C18H26N2O3. The predicted molar refractivity (Wildman–Crippen MR) is 87.2 cm³/mol. The minimum Gasteiger partial charge on any atom is -0.466 e. The van der Waals surface area contributed by atoms with Crippen molar-refractivity contribution < 1.29 is 14.0 Å². The Labute approximate surface area is 137 Å². The Hall–Kier alpha value is -1.78. The van der Waals surface area contributed by atoms with E-state index in [0.717, 1.165) is 51.0 Å². The van der Waals surface area contributed by atoms with Gasteiger partial charge in [-0.3, -0.25) is 9.59 Å². The summed E-state index contributed by atoms with van der Waals surface area (Å²) in [5.41, 5.74) is 0.676. The summed E-state index contributed by atoms with van der Waals surface area (Å²) in [6, 6.07) is 2.25. The van der Waals surface area contributed by atoms with Crippen molar-refractivity contribution in [3.05, 3.63) is 23.2 Å². The molecule has 1 unspecified atom stereocenters. The molecule has 1 atom stereocenters. The van der Waals surface area contributed by atoms with Crippen molar-refractivity contribution in [2.24, 2.45) is 5.92 Å². The third-order valence-corrected chi connectivity index (χ3v) is 4.80. The number of aryl methyl sites for hydroxylation is 2. The second-order valence-electron chi connectivity index (χ2n) is 6.97. The van der Waals surface area contributed by atoms with Crippen molar-refractivity contribution in [3.8, 4) is 0 Å². The van der Waals surface area contributed by atoms with E-state index < -0.39 is 0 Å². The summed E-state index contributed by atoms with van der Waals surface area (Å²) in [5, 5.41) is 3.03. The lowest BCUT2D eigenvalue weighted by molar-refractivity contribution is -0.121. The molecule has 0 aromatic carbocycles. The minimum atomic E-state index is 0.0616. The van der Waals surface area contributed by atoms with Gasteiger partial charge in [-0.25, -0.2) is 0 Å². The molecule has 1 aliphatic carbocycles. The molecule has 1 N–H and O–H groups in total. The van der Waals surface area contributed by atoms with Crippen molar-refractivity contribution in [2.75, 3.05) is 13.1 Å². The van der Waals surface area contributed by atoms with Crippen LogP contribution in [0.15, 0.2) is 10.5 Å². The van der Waals surface area contributed by atoms with E-state index >= 15 is 0 Å². The number of carbonyl (C=O) groups is 2. The third kappa shape index (κ3) is 4.15. The molecular weight excluding hydrogens is 292 g/mol. The maximum atomic E-state index is 12.7. The molecule has 1 aromatic heterocycles. The van der Waals surface area contributed by atoms with E-state index in [9.17, 15) is 9.59 Å². The number of nitrogens with zero attached hydrogens (tertiary/aromatic N) is 1. The van der Waals surface area contributed by atoms with Crippen LogP contribution < -0.4 is 5.32 Å². The van der Waals surface area contributed by atoms with Gasteiger partial charge < -0.3 is 14.6 Å². The van der Waals surface area contributed by atoms with E-state index in [1.165, 1.54) is 0 Å². The molecule has 2 fully saturated rings. The van der Waals surface area contributed by atoms with Crippen LogP contribution >= 0.6 is 0 Å². The first kappa shape index (κ1) is 16.1. The van der Waals surface area contributed by atoms with Crippen LogP contribution in [0.4, 0.5) is 0 Å². The second kappa shape index (κ2) is 6.77. The van der Waals surface area contributed by atoms with Gasteiger partial charge in [-0.2, -0.15) is 0 Å². The summed E-state index contributed by atoms with van der Waals surface area (Å²) in [7, 11) is 0. The van der Waals surface area contributed by atoms with Crippen LogP contribution in [0.5, 0.6) is 0 Å². The molecule has 2 heterocycles. The number of nitrogens with one attached hydrogen (secondary N) is 1. The van der Waals surface area contributed by atoms with Gasteiger partial charge in [0, 0.05) is 25.6 Å². The van der Waals surface area contributed by atoms with Gasteiger partial charge in [0.15, 0.2) is 0 Å². The molecule has 126 valence electrons. The Morgan fingerprint density at radius 1 is 1.30 bits per heavy atom. The first-order valence-electron chi connectivity index (χ1n) is 8.68. The zero-order valence-corrected chi connectivity index (χ0v) is 14.1. The molecule has 1 aromatic rings. The van der Waals surface area contributed by atoms with Crippen LogP contribution in [0.1, 0.15) is 60.4 Å². The van der Waals surface area contributed by atoms with Crippen molar-refractivity contribution in [3.63, 3.8) is 0 Å². The van der Waals surface area contributed by atoms with Crippen molar-refractivity contribution in [1.82, 2.24) is 10.2 Å². The quantitative estimate of drug-likeness (QED) is 0.908. The number of piperidine rings is 1. The van der Waals surface area contributed by atoms with E-state index in [1.54, 1.807) is 0 Å². The molecule has 1 saturated heterocycles. The van der Waals surface area contributed by atoms with Crippen LogP contribution in [-0.4, -0.2) is 35.8 Å². The number of rotatable bonds is 5. The highest BCUT2D eigenvalue weighted by atomic mass is 16.3. The number of amides is 2. The van der Waals surface area contributed by atoms with Crippen molar-refractivity contribution >= 4 is 11.8 Å². The predicted octanol–water partition coefficient (Wildman–Crippen LogP) is 2.81. The fourth-order valence-electron chi connectivity index (χ4n) is 3.36. The van der Waals surface area contributed by atoms with E-state index in [0.29, 0.717) is 29.7 Å². The third-order valence-electron chi connectivity index (χ3n) is 4.80. The maximum Gasteiger partial charge on any atom is 0.257 e. The Kier molecular flexibility index (Phi) is 4.74. The molecule has 5 heteroatoms. The summed E-state index contributed by atoms with van der Waals surface area (Å²) in [6.07, 6.45) is 5.81. The molecule has 2 amide bonds. The van der Waals surface area contributed by atoms with Crippen LogP contribution in [0.25, 0.3) is 0 Å². The normalized spacial score (nSPS) is 21.3. The van der Waals surface area contributed by atoms with Gasteiger partial charge in [-0.1, -0.05) is 0 Å². The van der Waals surface area contributed by atoms with Gasteiger partial charge in [0.25, 0.3) is 5.91 Å². The summed E-state index contributed by atoms with van der Waals surface area (Å²) in [6.45, 7) is 5.25. The lowest BCUT2D eigenvalue weighted by Crippen LogP contribution is -2.40. The lowest BCUT2D eigenvalue weighted by atomic mass is 9.93. The number of likely N-dealkylation sites (tertiary alicyclic amines) is 1. The Morgan fingerprint density at radius 3 is 2.74 bits per heavy atom. The smallest absolute Gasteiger partial charge is 0.257 e. The standard InChI is InChI=1S/C18H26N2O3/c1-12-10-16(13(2)23-12)18(22)20-9-3-4-14(11-20)5-8-17(21)19-15-6-7-15/h10,14-15H,3-9,11H2,1-2H3,(H,19,21). The molecule has 3 rings (SSSR count). The summed E-state index contributed by atoms with van der Waals surface area (Å²) in [5.74, 6) is 2.12. The Bertz CT molecular complexity index is 589. The van der Waals surface area contributed by atoms with Crippen LogP contribution in [-0.2, 0) is 4.79 Å². The Balaban J connectivity index is 1.52. The molecule has 0 radical (unpaired) electrons. The maximum absolute atomic E-state index is 12.7. The van der Waals surface area contributed by atoms with Crippen LogP contribution in [0.2, 0.25) is 0 Å². The van der Waals surface area contributed by atoms with Gasteiger partial charge in [-0.05, 0) is 57.9 Å². The molecule has 5 nitrogen and oxygen atoms in total. The van der Waals surface area contributed by atoms with E-state index in [1.807, 2.05) is 24.8 Å². The molecule has 0 spiro atoms. The zero-order valence-electron chi connectivity index (χ0n) is 14.1. The highest BCUT2D eigenvalue weighted by molar-refractivity contribution is 5.95. The summed E-state index contributed by atoms with van der Waals surface area (Å²) >= 11 is 0. The van der Waals surface area contributed by atoms with E-state index in [4.69, 9.17) is 4.42 Å². The lowest BCUT2D eigenvalue weighted by Gasteiger charge is -2.32. The molecule has 1 saturated carbocycles. The minimum absolute atomic E-state index is 0.0616. The van der Waals surface area contributed by atoms with Gasteiger partial charge >= 0.3 is 0 Å². The number of hydrogen-bond donors (Lipinski definition) is 1. The van der Waals surface area contributed by atoms with Gasteiger partial charge in [0.2, 0.25) is 5.91 Å². The number of carbonyl (C=O) groups excluding carboxylic acids is 2. The van der Waals surface area contributed by atoms with E-state index in [-0.39, 0.29) is 11.8 Å². The molecule has 2 aliphatic rings. The summed E-state index contributed by atoms with van der Waals surface area (Å²) in [4.78, 5) is 26.4. The Morgan fingerprint density at radius 2 is 2.09 bits per heavy atom. The first-order chi connectivity index (χ1) is 11.0. The van der Waals surface area contributed by atoms with Crippen molar-refractivity contribution in [1.29, 1.82) is 0 Å². The average Bonchev–Trinajstić information content (AvgIpc) is 3.27. The van der Waals surface area contributed by atoms with E-state index in [2.05, 4.69) is 5.32 Å². The van der Waals surface area contributed by atoms with Gasteiger partial charge in [-0.15, -0.1) is 0 Å². The molecule has 0 bridgehead atoms. The first-order valence-corrected chi connectivity index (χ1v) is 8.68. The average molecular weight is 318 g/mol. The molecule has 23 heavy (non-hydrogen) atoms. The second-order valence-corrected chi connectivity index (χ2v) is 6.97. The zero-order chi connectivity index (χ0) is 16.4. The van der Waals surface area contributed by atoms with Crippen LogP contribution in [0, 0.1) is 19.8 Å². The fourth-order valence-corrected chi connectivity index (χ4v) is 3.36. The highest BCUT2D eigenvalue weighted by Gasteiger charge is 2.28.